The summed E-state index contributed by atoms with van der Waals surface area (Å²) in [4.78, 5) is 4.26. The van der Waals surface area contributed by atoms with Crippen LogP contribution < -0.4 is 10.1 Å². The van der Waals surface area contributed by atoms with Crippen molar-refractivity contribution in [2.75, 3.05) is 19.8 Å². The summed E-state index contributed by atoms with van der Waals surface area (Å²) >= 11 is 0. The molecule has 2 aliphatic rings. The topological polar surface area (TPSA) is 54.4 Å². The first kappa shape index (κ1) is 12.9. The average molecular weight is 262 g/mol. The Morgan fingerprint density at radius 2 is 2.26 bits per heavy atom. The Morgan fingerprint density at radius 3 is 2.89 bits per heavy atom. The standard InChI is InChI=1S/C15H22N2O2/c1-10-14(15(10)8-18)5-11-4-13(7-16-6-11)19-9-12-2-3-17-12/h4,6-7,10,12,14-15,17-18H,2-3,5,8-9H2,1H3. The molecule has 1 saturated heterocycles. The van der Waals surface area contributed by atoms with Crippen molar-refractivity contribution in [1.29, 1.82) is 0 Å². The summed E-state index contributed by atoms with van der Waals surface area (Å²) in [6.45, 7) is 4.35. The Bertz CT molecular complexity index is 434. The number of aliphatic hydroxyl groups excluding tert-OH is 1. The third-order valence-electron chi connectivity index (χ3n) is 4.59. The molecule has 3 rings (SSSR count). The van der Waals surface area contributed by atoms with Crippen LogP contribution in [0, 0.1) is 17.8 Å². The highest BCUT2D eigenvalue weighted by Gasteiger charge is 2.45. The number of aliphatic hydroxyl groups is 1. The maximum atomic E-state index is 9.21. The molecule has 1 aliphatic heterocycles. The van der Waals surface area contributed by atoms with Crippen molar-refractivity contribution in [2.45, 2.75) is 25.8 Å². The van der Waals surface area contributed by atoms with Gasteiger partial charge in [0.1, 0.15) is 12.4 Å². The number of hydrogen-bond acceptors (Lipinski definition) is 4. The van der Waals surface area contributed by atoms with E-state index < -0.39 is 0 Å². The average Bonchev–Trinajstić information content (AvgIpc) is 2.97. The third kappa shape index (κ3) is 2.90. The highest BCUT2D eigenvalue weighted by atomic mass is 16.5. The minimum absolute atomic E-state index is 0.308. The summed E-state index contributed by atoms with van der Waals surface area (Å²) in [6, 6.07) is 2.59. The van der Waals surface area contributed by atoms with E-state index in [1.807, 2.05) is 6.20 Å². The summed E-state index contributed by atoms with van der Waals surface area (Å²) in [5.74, 6) is 2.58. The molecule has 0 spiro atoms. The zero-order chi connectivity index (χ0) is 13.2. The molecule has 1 aromatic rings. The summed E-state index contributed by atoms with van der Waals surface area (Å²) < 4.78 is 5.76. The fraction of sp³-hybridized carbons (Fsp3) is 0.667. The van der Waals surface area contributed by atoms with Crippen molar-refractivity contribution in [1.82, 2.24) is 10.3 Å². The number of rotatable bonds is 6. The first-order valence-corrected chi connectivity index (χ1v) is 7.19. The molecule has 2 heterocycles. The molecule has 104 valence electrons. The quantitative estimate of drug-likeness (QED) is 0.810. The molecule has 4 unspecified atom stereocenters. The van der Waals surface area contributed by atoms with E-state index in [2.05, 4.69) is 23.3 Å². The first-order chi connectivity index (χ1) is 9.28. The van der Waals surface area contributed by atoms with Crippen molar-refractivity contribution in [3.05, 3.63) is 24.0 Å². The van der Waals surface area contributed by atoms with Gasteiger partial charge < -0.3 is 15.2 Å². The summed E-state index contributed by atoms with van der Waals surface area (Å²) in [6.07, 6.45) is 5.89. The van der Waals surface area contributed by atoms with Crippen molar-refractivity contribution in [2.24, 2.45) is 17.8 Å². The van der Waals surface area contributed by atoms with Crippen LogP contribution in [0.15, 0.2) is 18.5 Å². The van der Waals surface area contributed by atoms with E-state index in [1.54, 1.807) is 6.20 Å². The van der Waals surface area contributed by atoms with Crippen molar-refractivity contribution in [3.8, 4) is 5.75 Å². The SMILES string of the molecule is CC1C(CO)C1Cc1cncc(OCC2CCN2)c1. The second kappa shape index (κ2) is 5.47. The predicted molar refractivity (Wildman–Crippen MR) is 73.1 cm³/mol. The Labute approximate surface area is 114 Å². The molecule has 4 heteroatoms. The van der Waals surface area contributed by atoms with Crippen molar-refractivity contribution >= 4 is 0 Å². The highest BCUT2D eigenvalue weighted by Crippen LogP contribution is 2.47. The van der Waals surface area contributed by atoms with Gasteiger partial charge in [-0.05, 0) is 48.8 Å². The Balaban J connectivity index is 1.54. The van der Waals surface area contributed by atoms with Gasteiger partial charge in [-0.15, -0.1) is 0 Å². The lowest BCUT2D eigenvalue weighted by molar-refractivity contribution is 0.216. The molecule has 4 atom stereocenters. The van der Waals surface area contributed by atoms with Gasteiger partial charge in [0, 0.05) is 18.8 Å². The van der Waals surface area contributed by atoms with Crippen LogP contribution in [0.4, 0.5) is 0 Å². The van der Waals surface area contributed by atoms with Gasteiger partial charge in [-0.2, -0.15) is 0 Å². The Hall–Kier alpha value is -1.13. The predicted octanol–water partition coefficient (Wildman–Crippen LogP) is 1.24. The maximum absolute atomic E-state index is 9.21. The number of nitrogens with zero attached hydrogens (tertiary/aromatic N) is 1. The van der Waals surface area contributed by atoms with Gasteiger partial charge in [0.05, 0.1) is 6.20 Å². The Kier molecular flexibility index (Phi) is 3.71. The van der Waals surface area contributed by atoms with E-state index in [1.165, 1.54) is 12.0 Å². The second-order valence-electron chi connectivity index (χ2n) is 5.85. The van der Waals surface area contributed by atoms with E-state index in [0.29, 0.717) is 30.4 Å². The van der Waals surface area contributed by atoms with Gasteiger partial charge in [0.25, 0.3) is 0 Å². The largest absolute Gasteiger partial charge is 0.490 e. The zero-order valence-corrected chi connectivity index (χ0v) is 11.4. The molecule has 1 aliphatic carbocycles. The van der Waals surface area contributed by atoms with E-state index in [9.17, 15) is 5.11 Å². The van der Waals surface area contributed by atoms with Gasteiger partial charge in [0.2, 0.25) is 0 Å². The van der Waals surface area contributed by atoms with E-state index in [0.717, 1.165) is 25.3 Å². The molecule has 0 bridgehead atoms. The fourth-order valence-electron chi connectivity index (χ4n) is 2.89. The number of pyridine rings is 1. The van der Waals surface area contributed by atoms with Crippen LogP contribution in [0.1, 0.15) is 18.9 Å². The van der Waals surface area contributed by atoms with Crippen LogP contribution >= 0.6 is 0 Å². The van der Waals surface area contributed by atoms with Gasteiger partial charge in [-0.3, -0.25) is 4.98 Å². The van der Waals surface area contributed by atoms with E-state index in [-0.39, 0.29) is 0 Å². The fourth-order valence-corrected chi connectivity index (χ4v) is 2.89. The monoisotopic (exact) mass is 262 g/mol. The summed E-state index contributed by atoms with van der Waals surface area (Å²) in [5.41, 5.74) is 1.21. The number of nitrogens with one attached hydrogen (secondary N) is 1. The van der Waals surface area contributed by atoms with Crippen LogP contribution in [0.25, 0.3) is 0 Å². The smallest absolute Gasteiger partial charge is 0.137 e. The number of aromatic nitrogens is 1. The Morgan fingerprint density at radius 1 is 1.42 bits per heavy atom. The van der Waals surface area contributed by atoms with Gasteiger partial charge in [-0.25, -0.2) is 0 Å². The number of hydrogen-bond donors (Lipinski definition) is 2. The van der Waals surface area contributed by atoms with Crippen LogP contribution in [0.2, 0.25) is 0 Å². The molecule has 0 aromatic carbocycles. The number of ether oxygens (including phenoxy) is 1. The van der Waals surface area contributed by atoms with Crippen LogP contribution in [-0.4, -0.2) is 35.9 Å². The zero-order valence-electron chi connectivity index (χ0n) is 11.4. The second-order valence-corrected chi connectivity index (χ2v) is 5.85. The normalized spacial score (nSPS) is 32.7. The van der Waals surface area contributed by atoms with Crippen molar-refractivity contribution < 1.29 is 9.84 Å². The third-order valence-corrected chi connectivity index (χ3v) is 4.59. The molecule has 19 heavy (non-hydrogen) atoms. The molecule has 4 nitrogen and oxygen atoms in total. The van der Waals surface area contributed by atoms with Crippen molar-refractivity contribution in [3.63, 3.8) is 0 Å². The summed E-state index contributed by atoms with van der Waals surface area (Å²) in [5, 5.41) is 12.5. The van der Waals surface area contributed by atoms with Crippen LogP contribution in [0.3, 0.4) is 0 Å². The minimum Gasteiger partial charge on any atom is -0.490 e. The molecule has 0 radical (unpaired) electrons. The molecule has 2 N–H and O–H groups in total. The highest BCUT2D eigenvalue weighted by molar-refractivity contribution is 5.25. The lowest BCUT2D eigenvalue weighted by Gasteiger charge is -2.27. The minimum atomic E-state index is 0.308. The molecular formula is C15H22N2O2. The molecular weight excluding hydrogens is 240 g/mol. The van der Waals surface area contributed by atoms with Gasteiger partial charge in [-0.1, -0.05) is 6.92 Å². The maximum Gasteiger partial charge on any atom is 0.137 e. The first-order valence-electron chi connectivity index (χ1n) is 7.19. The lowest BCUT2D eigenvalue weighted by atomic mass is 10.1. The van der Waals surface area contributed by atoms with E-state index >= 15 is 0 Å². The van der Waals surface area contributed by atoms with E-state index in [4.69, 9.17) is 4.74 Å². The molecule has 0 amide bonds. The molecule has 1 saturated carbocycles. The van der Waals surface area contributed by atoms with Crippen LogP contribution in [0.5, 0.6) is 5.75 Å². The lowest BCUT2D eigenvalue weighted by Crippen LogP contribution is -2.46. The van der Waals surface area contributed by atoms with Crippen LogP contribution in [-0.2, 0) is 6.42 Å². The molecule has 2 fully saturated rings. The summed E-state index contributed by atoms with van der Waals surface area (Å²) in [7, 11) is 0. The van der Waals surface area contributed by atoms with Gasteiger partial charge >= 0.3 is 0 Å². The molecule has 1 aromatic heterocycles. The van der Waals surface area contributed by atoms with Gasteiger partial charge in [0.15, 0.2) is 0 Å².